The highest BCUT2D eigenvalue weighted by molar-refractivity contribution is 5.39. The highest BCUT2D eigenvalue weighted by Gasteiger charge is 2.14. The summed E-state index contributed by atoms with van der Waals surface area (Å²) in [5, 5.41) is 20.4. The molecule has 0 spiro atoms. The molecule has 2 rings (SSSR count). The number of phenolic OH excluding ortho intramolecular Hbond substituents is 1. The van der Waals surface area contributed by atoms with Gasteiger partial charge in [0, 0.05) is 18.7 Å². The minimum atomic E-state index is -0.552. The van der Waals surface area contributed by atoms with Gasteiger partial charge in [0.15, 0.2) is 0 Å². The Balaban J connectivity index is 2.06. The van der Waals surface area contributed by atoms with Gasteiger partial charge in [-0.2, -0.15) is 0 Å². The lowest BCUT2D eigenvalue weighted by Crippen LogP contribution is -2.28. The first-order valence-electron chi connectivity index (χ1n) is 7.86. The fraction of sp³-hybridized carbons (Fsp3) is 0.368. The number of aromatic hydroxyl groups is 1. The summed E-state index contributed by atoms with van der Waals surface area (Å²) in [6.07, 6.45) is -0.552. The van der Waals surface area contributed by atoms with Crippen molar-refractivity contribution in [3.05, 3.63) is 59.2 Å². The van der Waals surface area contributed by atoms with Crippen LogP contribution in [0.15, 0.2) is 42.5 Å². The van der Waals surface area contributed by atoms with Crippen molar-refractivity contribution in [2.24, 2.45) is 0 Å². The number of likely N-dealkylation sites (N-methyl/N-ethyl adjacent to an activating group) is 1. The van der Waals surface area contributed by atoms with Crippen LogP contribution in [0.5, 0.6) is 11.5 Å². The van der Waals surface area contributed by atoms with Gasteiger partial charge in [-0.15, -0.1) is 0 Å². The highest BCUT2D eigenvalue weighted by atomic mass is 16.5. The van der Waals surface area contributed by atoms with E-state index in [-0.39, 0.29) is 5.75 Å². The monoisotopic (exact) mass is 315 g/mol. The lowest BCUT2D eigenvalue weighted by molar-refractivity contribution is 0.112. The zero-order chi connectivity index (χ0) is 16.8. The second kappa shape index (κ2) is 7.99. The number of ether oxygens (including phenoxy) is 1. The van der Waals surface area contributed by atoms with Crippen LogP contribution in [0.1, 0.15) is 29.7 Å². The first-order chi connectivity index (χ1) is 11.0. The molecule has 0 amide bonds. The maximum atomic E-state index is 10.4. The lowest BCUT2D eigenvalue weighted by Gasteiger charge is -2.24. The van der Waals surface area contributed by atoms with E-state index in [1.165, 1.54) is 5.56 Å². The van der Waals surface area contributed by atoms with Crippen LogP contribution in [0, 0.1) is 6.92 Å². The van der Waals surface area contributed by atoms with Gasteiger partial charge in [0.1, 0.15) is 11.5 Å². The molecule has 23 heavy (non-hydrogen) atoms. The van der Waals surface area contributed by atoms with Crippen molar-refractivity contribution in [2.45, 2.75) is 26.5 Å². The Labute approximate surface area is 138 Å². The van der Waals surface area contributed by atoms with Crippen molar-refractivity contribution in [3.8, 4) is 11.5 Å². The molecule has 0 aliphatic rings. The molecule has 0 aliphatic heterocycles. The van der Waals surface area contributed by atoms with Crippen LogP contribution in [0.25, 0.3) is 0 Å². The predicted octanol–water partition coefficient (Wildman–Crippen LogP) is 3.26. The SMILES string of the molecule is CCN(Cc1cc(OC)ccc1O)CC(O)c1ccc(C)cc1. The van der Waals surface area contributed by atoms with Crippen LogP contribution in [0.4, 0.5) is 0 Å². The molecule has 1 atom stereocenters. The molecular formula is C19H25NO3. The second-order valence-electron chi connectivity index (χ2n) is 5.75. The van der Waals surface area contributed by atoms with E-state index >= 15 is 0 Å². The van der Waals surface area contributed by atoms with Gasteiger partial charge in [-0.3, -0.25) is 4.90 Å². The van der Waals surface area contributed by atoms with Gasteiger partial charge < -0.3 is 14.9 Å². The van der Waals surface area contributed by atoms with Crippen LogP contribution in [-0.2, 0) is 6.54 Å². The molecule has 0 fully saturated rings. The van der Waals surface area contributed by atoms with E-state index in [1.54, 1.807) is 19.2 Å². The number of methoxy groups -OCH3 is 1. The average Bonchev–Trinajstić information content (AvgIpc) is 2.56. The fourth-order valence-electron chi connectivity index (χ4n) is 2.50. The van der Waals surface area contributed by atoms with E-state index in [1.807, 2.05) is 44.2 Å². The molecule has 2 N–H and O–H groups in total. The van der Waals surface area contributed by atoms with Crippen molar-refractivity contribution in [3.63, 3.8) is 0 Å². The van der Waals surface area contributed by atoms with Gasteiger partial charge in [-0.1, -0.05) is 36.8 Å². The molecule has 0 heterocycles. The van der Waals surface area contributed by atoms with Crippen molar-refractivity contribution < 1.29 is 14.9 Å². The first kappa shape index (κ1) is 17.3. The van der Waals surface area contributed by atoms with Gasteiger partial charge in [-0.05, 0) is 37.2 Å². The zero-order valence-electron chi connectivity index (χ0n) is 14.0. The topological polar surface area (TPSA) is 52.9 Å². The molecule has 0 saturated carbocycles. The van der Waals surface area contributed by atoms with Gasteiger partial charge in [0.2, 0.25) is 0 Å². The summed E-state index contributed by atoms with van der Waals surface area (Å²) < 4.78 is 5.21. The Morgan fingerprint density at radius 2 is 1.83 bits per heavy atom. The molecule has 124 valence electrons. The summed E-state index contributed by atoms with van der Waals surface area (Å²) in [6, 6.07) is 13.1. The number of hydrogen-bond acceptors (Lipinski definition) is 4. The number of benzene rings is 2. The third kappa shape index (κ3) is 4.71. The van der Waals surface area contributed by atoms with E-state index < -0.39 is 6.10 Å². The lowest BCUT2D eigenvalue weighted by atomic mass is 10.1. The van der Waals surface area contributed by atoms with Crippen molar-refractivity contribution in [1.82, 2.24) is 4.90 Å². The molecular weight excluding hydrogens is 290 g/mol. The molecule has 0 aliphatic carbocycles. The second-order valence-corrected chi connectivity index (χ2v) is 5.75. The van der Waals surface area contributed by atoms with Gasteiger partial charge in [0.25, 0.3) is 0 Å². The minimum Gasteiger partial charge on any atom is -0.508 e. The van der Waals surface area contributed by atoms with E-state index in [2.05, 4.69) is 4.90 Å². The number of rotatable bonds is 7. The molecule has 2 aromatic rings. The largest absolute Gasteiger partial charge is 0.508 e. The summed E-state index contributed by atoms with van der Waals surface area (Å²) in [5.41, 5.74) is 2.88. The number of aliphatic hydroxyl groups excluding tert-OH is 1. The van der Waals surface area contributed by atoms with Crippen molar-refractivity contribution in [1.29, 1.82) is 0 Å². The maximum absolute atomic E-state index is 10.4. The van der Waals surface area contributed by atoms with Crippen LogP contribution in [0.2, 0.25) is 0 Å². The quantitative estimate of drug-likeness (QED) is 0.823. The van der Waals surface area contributed by atoms with Gasteiger partial charge in [-0.25, -0.2) is 0 Å². The van der Waals surface area contributed by atoms with Crippen LogP contribution in [-0.4, -0.2) is 35.3 Å². The van der Waals surface area contributed by atoms with Crippen molar-refractivity contribution in [2.75, 3.05) is 20.2 Å². The molecule has 1 unspecified atom stereocenters. The van der Waals surface area contributed by atoms with Crippen molar-refractivity contribution >= 4 is 0 Å². The normalized spacial score (nSPS) is 12.4. The Morgan fingerprint density at radius 1 is 1.13 bits per heavy atom. The van der Waals surface area contributed by atoms with Gasteiger partial charge >= 0.3 is 0 Å². The highest BCUT2D eigenvalue weighted by Crippen LogP contribution is 2.25. The first-order valence-corrected chi connectivity index (χ1v) is 7.86. The number of phenols is 1. The molecule has 2 aromatic carbocycles. The Hall–Kier alpha value is -2.04. The Kier molecular flexibility index (Phi) is 6.02. The average molecular weight is 315 g/mol. The minimum absolute atomic E-state index is 0.245. The number of nitrogens with zero attached hydrogens (tertiary/aromatic N) is 1. The third-order valence-corrected chi connectivity index (χ3v) is 4.02. The van der Waals surface area contributed by atoms with Crippen LogP contribution in [0.3, 0.4) is 0 Å². The maximum Gasteiger partial charge on any atom is 0.120 e. The molecule has 4 nitrogen and oxygen atoms in total. The Bertz CT molecular complexity index is 625. The standard InChI is InChI=1S/C19H25NO3/c1-4-20(12-16-11-17(23-3)9-10-18(16)21)13-19(22)15-7-5-14(2)6-8-15/h5-11,19,21-22H,4,12-13H2,1-3H3. The third-order valence-electron chi connectivity index (χ3n) is 4.02. The van der Waals surface area contributed by atoms with Gasteiger partial charge in [0.05, 0.1) is 13.2 Å². The molecule has 0 bridgehead atoms. The molecule has 0 saturated heterocycles. The number of aliphatic hydroxyl groups is 1. The van der Waals surface area contributed by atoms with E-state index in [0.29, 0.717) is 18.8 Å². The molecule has 4 heteroatoms. The summed E-state index contributed by atoms with van der Waals surface area (Å²) in [6.45, 7) is 5.91. The summed E-state index contributed by atoms with van der Waals surface area (Å²) in [5.74, 6) is 0.960. The van der Waals surface area contributed by atoms with Crippen LogP contribution < -0.4 is 4.74 Å². The van der Waals surface area contributed by atoms with Crippen LogP contribution >= 0.6 is 0 Å². The zero-order valence-corrected chi connectivity index (χ0v) is 14.0. The van der Waals surface area contributed by atoms with E-state index in [9.17, 15) is 10.2 Å². The molecule has 0 radical (unpaired) electrons. The predicted molar refractivity (Wildman–Crippen MR) is 91.7 cm³/mol. The Morgan fingerprint density at radius 3 is 2.43 bits per heavy atom. The smallest absolute Gasteiger partial charge is 0.120 e. The van der Waals surface area contributed by atoms with E-state index in [4.69, 9.17) is 4.74 Å². The van der Waals surface area contributed by atoms with E-state index in [0.717, 1.165) is 17.7 Å². The number of hydrogen-bond donors (Lipinski definition) is 2. The summed E-state index contributed by atoms with van der Waals surface area (Å²) >= 11 is 0. The summed E-state index contributed by atoms with van der Waals surface area (Å²) in [4.78, 5) is 2.10. The summed E-state index contributed by atoms with van der Waals surface area (Å²) in [7, 11) is 1.61. The number of aryl methyl sites for hydroxylation is 1. The molecule has 0 aromatic heterocycles. The fourth-order valence-corrected chi connectivity index (χ4v) is 2.50.